The minimum Gasteiger partial charge on any atom is -0.446 e. The molecule has 164 valence electrons. The van der Waals surface area contributed by atoms with Crippen LogP contribution in [-0.4, -0.2) is 74.7 Å². The summed E-state index contributed by atoms with van der Waals surface area (Å²) in [6.07, 6.45) is 6.47. The van der Waals surface area contributed by atoms with Gasteiger partial charge in [-0.15, -0.1) is 10.2 Å². The van der Waals surface area contributed by atoms with Crippen molar-refractivity contribution in [2.45, 2.75) is 76.3 Å². The third kappa shape index (κ3) is 3.73. The van der Waals surface area contributed by atoms with Crippen LogP contribution in [0.2, 0.25) is 0 Å². The van der Waals surface area contributed by atoms with Gasteiger partial charge in [0.05, 0.1) is 23.9 Å². The van der Waals surface area contributed by atoms with Crippen LogP contribution in [0.1, 0.15) is 52.3 Å². The number of carbonyl (C=O) groups excluding carboxylic acids is 1. The Bertz CT molecular complexity index is 813. The summed E-state index contributed by atoms with van der Waals surface area (Å²) in [6.45, 7) is 8.60. The maximum atomic E-state index is 12.6. The van der Waals surface area contributed by atoms with E-state index in [1.54, 1.807) is 4.90 Å². The molecule has 5 atom stereocenters. The first-order valence-corrected chi connectivity index (χ1v) is 11.0. The third-order valence-electron chi connectivity index (χ3n) is 7.29. The lowest BCUT2D eigenvalue weighted by molar-refractivity contribution is -0.0221. The number of amides is 1. The van der Waals surface area contributed by atoms with Crippen molar-refractivity contribution in [3.05, 3.63) is 17.5 Å². The van der Waals surface area contributed by atoms with Crippen LogP contribution in [-0.2, 0) is 20.6 Å². The molecule has 5 rings (SSSR count). The molecule has 1 aromatic heterocycles. The van der Waals surface area contributed by atoms with Gasteiger partial charge in [-0.1, -0.05) is 16.9 Å². The van der Waals surface area contributed by atoms with Gasteiger partial charge in [0.25, 0.3) is 0 Å². The Morgan fingerprint density at radius 2 is 2.20 bits per heavy atom. The average molecular weight is 418 g/mol. The molecule has 3 aliphatic heterocycles. The number of nitrogens with one attached hydrogen (secondary N) is 1. The number of nitrogens with zero attached hydrogens (tertiary/aromatic N) is 4. The van der Waals surface area contributed by atoms with Crippen molar-refractivity contribution in [1.29, 1.82) is 0 Å². The molecule has 4 heterocycles. The Morgan fingerprint density at radius 1 is 1.40 bits per heavy atom. The molecule has 9 nitrogen and oxygen atoms in total. The summed E-state index contributed by atoms with van der Waals surface area (Å²) in [7, 11) is 0. The van der Waals surface area contributed by atoms with Gasteiger partial charge in [-0.25, -0.2) is 4.79 Å². The predicted octanol–water partition coefficient (Wildman–Crippen LogP) is 2.26. The molecule has 1 aromatic rings. The molecule has 1 saturated carbocycles. The summed E-state index contributed by atoms with van der Waals surface area (Å²) in [5, 5.41) is 14.0. The molecule has 4 fully saturated rings. The largest absolute Gasteiger partial charge is 0.446 e. The Kier molecular flexibility index (Phi) is 4.85. The number of H-pyrrole nitrogens is 1. The van der Waals surface area contributed by atoms with Crippen molar-refractivity contribution in [1.82, 2.24) is 25.5 Å². The van der Waals surface area contributed by atoms with Gasteiger partial charge in [0.1, 0.15) is 6.10 Å². The molecule has 1 unspecified atom stereocenters. The van der Waals surface area contributed by atoms with E-state index in [0.717, 1.165) is 38.7 Å². The zero-order valence-corrected chi connectivity index (χ0v) is 18.0. The quantitative estimate of drug-likeness (QED) is 0.558. The van der Waals surface area contributed by atoms with Crippen LogP contribution in [0.4, 0.5) is 4.79 Å². The van der Waals surface area contributed by atoms with Crippen molar-refractivity contribution >= 4 is 6.09 Å². The summed E-state index contributed by atoms with van der Waals surface area (Å²) >= 11 is 0. The number of epoxide rings is 2. The van der Waals surface area contributed by atoms with Crippen molar-refractivity contribution in [2.24, 2.45) is 11.8 Å². The third-order valence-corrected chi connectivity index (χ3v) is 7.29. The maximum absolute atomic E-state index is 12.6. The number of aromatic nitrogens is 4. The topological polar surface area (TPSA) is 109 Å². The molecule has 1 aliphatic carbocycles. The van der Waals surface area contributed by atoms with E-state index >= 15 is 0 Å². The summed E-state index contributed by atoms with van der Waals surface area (Å²) in [6, 6.07) is 0. The molecule has 0 bridgehead atoms. The first kappa shape index (κ1) is 19.9. The van der Waals surface area contributed by atoms with Gasteiger partial charge in [-0.3, -0.25) is 0 Å². The number of carbonyl (C=O) groups is 1. The van der Waals surface area contributed by atoms with Gasteiger partial charge in [0.2, 0.25) is 0 Å². The standard InChI is InChI=1S/C21H31N5O4/c1-13(2)4-5-17-20(3,30-17)16-9-15(6-7-21(16)12-28-21)29-19(27)26-10-14(11-26)8-18-22-24-25-23-18/h4,14-17H,5-12H2,1-3H3,(H,22,23,24,25)/t15-,16-,17?,20-,21+/m1/s1. The van der Waals surface area contributed by atoms with E-state index in [9.17, 15) is 4.79 Å². The summed E-state index contributed by atoms with van der Waals surface area (Å²) < 4.78 is 18.0. The minimum absolute atomic E-state index is 0.0656. The van der Waals surface area contributed by atoms with Crippen LogP contribution in [0.25, 0.3) is 0 Å². The number of ether oxygens (including phenoxy) is 3. The fourth-order valence-corrected chi connectivity index (χ4v) is 5.27. The highest BCUT2D eigenvalue weighted by atomic mass is 16.6. The van der Waals surface area contributed by atoms with Crippen LogP contribution in [0.5, 0.6) is 0 Å². The fourth-order valence-electron chi connectivity index (χ4n) is 5.27. The van der Waals surface area contributed by atoms with Crippen LogP contribution in [0.15, 0.2) is 11.6 Å². The van der Waals surface area contributed by atoms with Gasteiger partial charge in [0.15, 0.2) is 5.82 Å². The van der Waals surface area contributed by atoms with Gasteiger partial charge >= 0.3 is 6.09 Å². The maximum Gasteiger partial charge on any atom is 0.410 e. The molecule has 3 saturated heterocycles. The van der Waals surface area contributed by atoms with Crippen LogP contribution in [0, 0.1) is 11.8 Å². The van der Waals surface area contributed by atoms with Crippen molar-refractivity contribution < 1.29 is 19.0 Å². The van der Waals surface area contributed by atoms with Crippen molar-refractivity contribution in [2.75, 3.05) is 19.7 Å². The summed E-state index contributed by atoms with van der Waals surface area (Å²) in [5.74, 6) is 1.33. The van der Waals surface area contributed by atoms with Crippen LogP contribution < -0.4 is 0 Å². The molecule has 0 radical (unpaired) electrons. The molecule has 9 heteroatoms. The van der Waals surface area contributed by atoms with Gasteiger partial charge in [0, 0.05) is 31.3 Å². The number of hydrogen-bond acceptors (Lipinski definition) is 7. The molecular formula is C21H31N5O4. The lowest BCUT2D eigenvalue weighted by atomic mass is 9.70. The monoisotopic (exact) mass is 417 g/mol. The first-order chi connectivity index (χ1) is 14.4. The molecule has 1 amide bonds. The SMILES string of the molecule is CC(C)=CCC1O[C@]1(C)[C@H]1C[C@H](OC(=O)N2CC(Cc3nn[nH]n3)C2)CC[C@]12CO2. The highest BCUT2D eigenvalue weighted by Gasteiger charge is 2.68. The van der Waals surface area contributed by atoms with E-state index in [2.05, 4.69) is 47.5 Å². The smallest absolute Gasteiger partial charge is 0.410 e. The van der Waals surface area contributed by atoms with Crippen molar-refractivity contribution in [3.8, 4) is 0 Å². The second kappa shape index (κ2) is 7.30. The predicted molar refractivity (Wildman–Crippen MR) is 107 cm³/mol. The summed E-state index contributed by atoms with van der Waals surface area (Å²) in [5.41, 5.74) is 1.07. The zero-order valence-electron chi connectivity index (χ0n) is 18.0. The second-order valence-corrected chi connectivity index (χ2v) is 9.80. The Hall–Kier alpha value is -2.00. The highest BCUT2D eigenvalue weighted by molar-refractivity contribution is 5.68. The first-order valence-electron chi connectivity index (χ1n) is 11.0. The highest BCUT2D eigenvalue weighted by Crippen LogP contribution is 2.59. The van der Waals surface area contributed by atoms with Crippen LogP contribution in [0.3, 0.4) is 0 Å². The van der Waals surface area contributed by atoms with E-state index < -0.39 is 0 Å². The lowest BCUT2D eigenvalue weighted by Gasteiger charge is -2.41. The average Bonchev–Trinajstić information content (AvgIpc) is 3.52. The second-order valence-electron chi connectivity index (χ2n) is 9.80. The molecular weight excluding hydrogens is 386 g/mol. The van der Waals surface area contributed by atoms with Gasteiger partial charge in [-0.05, 0) is 46.5 Å². The van der Waals surface area contributed by atoms with Gasteiger partial charge in [-0.2, -0.15) is 5.21 Å². The number of tetrazole rings is 1. The number of likely N-dealkylation sites (tertiary alicyclic amines) is 1. The Balaban J connectivity index is 1.13. The van der Waals surface area contributed by atoms with Crippen LogP contribution >= 0.6 is 0 Å². The number of hydrogen-bond donors (Lipinski definition) is 1. The van der Waals surface area contributed by atoms with E-state index in [4.69, 9.17) is 14.2 Å². The molecule has 1 N–H and O–H groups in total. The van der Waals surface area contributed by atoms with Crippen molar-refractivity contribution in [3.63, 3.8) is 0 Å². The van der Waals surface area contributed by atoms with E-state index in [1.165, 1.54) is 5.57 Å². The fraction of sp³-hybridized carbons (Fsp3) is 0.810. The van der Waals surface area contributed by atoms with E-state index in [1.807, 2.05) is 0 Å². The Labute approximate surface area is 176 Å². The van der Waals surface area contributed by atoms with E-state index in [0.29, 0.717) is 24.8 Å². The number of aromatic amines is 1. The number of rotatable bonds is 6. The van der Waals surface area contributed by atoms with Gasteiger partial charge < -0.3 is 19.1 Å². The minimum atomic E-state index is -0.210. The Morgan fingerprint density at radius 3 is 2.87 bits per heavy atom. The molecule has 30 heavy (non-hydrogen) atoms. The zero-order chi connectivity index (χ0) is 20.9. The van der Waals surface area contributed by atoms with E-state index in [-0.39, 0.29) is 35.4 Å². The lowest BCUT2D eigenvalue weighted by Crippen LogP contribution is -2.52. The number of allylic oxidation sites excluding steroid dienone is 1. The molecule has 0 aromatic carbocycles. The normalized spacial score (nSPS) is 37.6. The molecule has 1 spiro atoms. The molecule has 4 aliphatic rings. The summed E-state index contributed by atoms with van der Waals surface area (Å²) in [4.78, 5) is 14.4.